The zero-order valence-electron chi connectivity index (χ0n) is 8.58. The predicted octanol–water partition coefficient (Wildman–Crippen LogP) is -0.879. The number of hydrogen-bond donors (Lipinski definition) is 2. The molecule has 6 heteroatoms. The number of rotatable bonds is 1. The van der Waals surface area contributed by atoms with E-state index in [0.29, 0.717) is 13.1 Å². The van der Waals surface area contributed by atoms with Crippen molar-refractivity contribution in [3.8, 4) is 0 Å². The van der Waals surface area contributed by atoms with E-state index in [0.717, 1.165) is 13.1 Å². The number of nitrogens with one attached hydrogen (secondary N) is 1. The third kappa shape index (κ3) is 1.29. The second-order valence-electron chi connectivity index (χ2n) is 5.04. The maximum atomic E-state index is 11.2. The summed E-state index contributed by atoms with van der Waals surface area (Å²) in [5.74, 6) is 0. The highest BCUT2D eigenvalue weighted by molar-refractivity contribution is 7.86. The van der Waals surface area contributed by atoms with Crippen LogP contribution in [0.1, 0.15) is 13.8 Å². The molecule has 5 nitrogen and oxygen atoms in total. The molecule has 82 valence electrons. The van der Waals surface area contributed by atoms with Gasteiger partial charge in [0.1, 0.15) is 0 Å². The molecular formula is C8H17N3O2S. The van der Waals surface area contributed by atoms with E-state index in [-0.39, 0.29) is 10.8 Å². The lowest BCUT2D eigenvalue weighted by molar-refractivity contribution is 0.212. The van der Waals surface area contributed by atoms with Crippen LogP contribution in [0.2, 0.25) is 0 Å². The molecule has 0 saturated carbocycles. The molecule has 2 aliphatic rings. The van der Waals surface area contributed by atoms with E-state index < -0.39 is 10.2 Å². The lowest BCUT2D eigenvalue weighted by atomic mass is 9.71. The van der Waals surface area contributed by atoms with Crippen molar-refractivity contribution in [1.82, 2.24) is 9.62 Å². The molecule has 14 heavy (non-hydrogen) atoms. The van der Waals surface area contributed by atoms with Crippen molar-refractivity contribution in [3.05, 3.63) is 0 Å². The molecule has 0 aromatic rings. The van der Waals surface area contributed by atoms with Crippen LogP contribution >= 0.6 is 0 Å². The average molecular weight is 219 g/mol. The molecule has 0 radical (unpaired) electrons. The van der Waals surface area contributed by atoms with E-state index in [1.165, 1.54) is 4.31 Å². The van der Waals surface area contributed by atoms with Crippen LogP contribution in [-0.4, -0.2) is 38.9 Å². The van der Waals surface area contributed by atoms with Gasteiger partial charge in [0.25, 0.3) is 10.2 Å². The van der Waals surface area contributed by atoms with Crippen LogP contribution in [0.3, 0.4) is 0 Å². The van der Waals surface area contributed by atoms with Gasteiger partial charge in [0.15, 0.2) is 0 Å². The fourth-order valence-corrected chi connectivity index (χ4v) is 3.48. The van der Waals surface area contributed by atoms with E-state index in [1.807, 2.05) is 0 Å². The molecule has 3 N–H and O–H groups in total. The summed E-state index contributed by atoms with van der Waals surface area (Å²) in [7, 11) is -3.52. The first kappa shape index (κ1) is 10.4. The largest absolute Gasteiger partial charge is 0.316 e. The second-order valence-corrected chi connectivity index (χ2v) is 6.58. The highest BCUT2D eigenvalue weighted by Gasteiger charge is 2.56. The Morgan fingerprint density at radius 3 is 2.00 bits per heavy atom. The molecule has 0 amide bonds. The van der Waals surface area contributed by atoms with Crippen molar-refractivity contribution in [3.63, 3.8) is 0 Å². The number of nitrogens with two attached hydrogens (primary N) is 1. The molecule has 2 atom stereocenters. The van der Waals surface area contributed by atoms with Gasteiger partial charge < -0.3 is 5.32 Å². The second kappa shape index (κ2) is 2.69. The zero-order chi connectivity index (χ0) is 10.6. The maximum absolute atomic E-state index is 11.2. The van der Waals surface area contributed by atoms with Gasteiger partial charge in [0.05, 0.1) is 0 Å². The van der Waals surface area contributed by atoms with Crippen LogP contribution in [0, 0.1) is 10.8 Å². The van der Waals surface area contributed by atoms with Crippen LogP contribution in [0.15, 0.2) is 0 Å². The van der Waals surface area contributed by atoms with Crippen LogP contribution in [0.4, 0.5) is 0 Å². The summed E-state index contributed by atoms with van der Waals surface area (Å²) in [6.07, 6.45) is 0. The molecule has 0 spiro atoms. The molecule has 2 saturated heterocycles. The van der Waals surface area contributed by atoms with Crippen molar-refractivity contribution in [2.45, 2.75) is 13.8 Å². The molecular weight excluding hydrogens is 202 g/mol. The molecule has 2 heterocycles. The monoisotopic (exact) mass is 219 g/mol. The Bertz CT molecular complexity index is 338. The van der Waals surface area contributed by atoms with Crippen molar-refractivity contribution >= 4 is 10.2 Å². The molecule has 0 aromatic carbocycles. The summed E-state index contributed by atoms with van der Waals surface area (Å²) < 4.78 is 23.9. The van der Waals surface area contributed by atoms with Gasteiger partial charge in [-0.05, 0) is 0 Å². The van der Waals surface area contributed by atoms with Gasteiger partial charge in [0, 0.05) is 37.0 Å². The highest BCUT2D eigenvalue weighted by atomic mass is 32.2. The summed E-state index contributed by atoms with van der Waals surface area (Å²) >= 11 is 0. The molecule has 2 fully saturated rings. The minimum absolute atomic E-state index is 0.0272. The quantitative estimate of drug-likeness (QED) is 0.601. The van der Waals surface area contributed by atoms with E-state index >= 15 is 0 Å². The fourth-order valence-electron chi connectivity index (χ4n) is 2.55. The number of fused-ring (bicyclic) bond motifs is 1. The smallest absolute Gasteiger partial charge is 0.276 e. The van der Waals surface area contributed by atoms with Gasteiger partial charge in [-0.25, -0.2) is 5.14 Å². The van der Waals surface area contributed by atoms with E-state index in [4.69, 9.17) is 5.14 Å². The van der Waals surface area contributed by atoms with Gasteiger partial charge in [0.2, 0.25) is 0 Å². The number of nitrogens with zero attached hydrogens (tertiary/aromatic N) is 1. The summed E-state index contributed by atoms with van der Waals surface area (Å²) in [6.45, 7) is 7.06. The normalized spacial score (nSPS) is 44.2. The summed E-state index contributed by atoms with van der Waals surface area (Å²) in [6, 6.07) is 0. The van der Waals surface area contributed by atoms with Gasteiger partial charge in [-0.15, -0.1) is 0 Å². The van der Waals surface area contributed by atoms with Crippen molar-refractivity contribution in [2.24, 2.45) is 16.0 Å². The number of hydrogen-bond acceptors (Lipinski definition) is 3. The SMILES string of the molecule is CC12CNCC1(C)CN(S(N)(=O)=O)C2. The maximum Gasteiger partial charge on any atom is 0.276 e. The lowest BCUT2D eigenvalue weighted by Gasteiger charge is -2.30. The Morgan fingerprint density at radius 2 is 1.64 bits per heavy atom. The van der Waals surface area contributed by atoms with Crippen molar-refractivity contribution < 1.29 is 8.42 Å². The highest BCUT2D eigenvalue weighted by Crippen LogP contribution is 2.48. The molecule has 2 aliphatic heterocycles. The van der Waals surface area contributed by atoms with Gasteiger partial charge in [-0.1, -0.05) is 13.8 Å². The third-order valence-electron chi connectivity index (χ3n) is 3.90. The van der Waals surface area contributed by atoms with Crippen LogP contribution in [0.5, 0.6) is 0 Å². The first-order valence-corrected chi connectivity index (χ1v) is 6.26. The van der Waals surface area contributed by atoms with E-state index in [9.17, 15) is 8.42 Å². The Balaban J connectivity index is 2.30. The molecule has 0 aromatic heterocycles. The minimum Gasteiger partial charge on any atom is -0.316 e. The standard InChI is InChI=1S/C8H17N3O2S/c1-7-3-10-4-8(7,2)6-11(5-7)14(9,12)13/h10H,3-6H2,1-2H3,(H2,9,12,13). The Hall–Kier alpha value is -0.170. The third-order valence-corrected chi connectivity index (χ3v) is 4.88. The minimum atomic E-state index is -3.52. The summed E-state index contributed by atoms with van der Waals surface area (Å²) in [4.78, 5) is 0. The summed E-state index contributed by atoms with van der Waals surface area (Å²) in [5, 5.41) is 8.45. The molecule has 0 aliphatic carbocycles. The van der Waals surface area contributed by atoms with Crippen LogP contribution in [0.25, 0.3) is 0 Å². The van der Waals surface area contributed by atoms with Crippen LogP contribution in [-0.2, 0) is 10.2 Å². The molecule has 2 rings (SSSR count). The Labute approximate surface area is 84.8 Å². The first-order valence-electron chi connectivity index (χ1n) is 4.76. The topological polar surface area (TPSA) is 75.4 Å². The van der Waals surface area contributed by atoms with Crippen LogP contribution < -0.4 is 10.5 Å². The van der Waals surface area contributed by atoms with E-state index in [1.54, 1.807) is 0 Å². The Morgan fingerprint density at radius 1 is 1.21 bits per heavy atom. The average Bonchev–Trinajstić information content (AvgIpc) is 2.36. The fraction of sp³-hybridized carbons (Fsp3) is 1.00. The molecule has 0 bridgehead atoms. The molecule has 2 unspecified atom stereocenters. The van der Waals surface area contributed by atoms with Gasteiger partial charge >= 0.3 is 0 Å². The summed E-state index contributed by atoms with van der Waals surface area (Å²) in [5.41, 5.74) is 0.0544. The zero-order valence-corrected chi connectivity index (χ0v) is 9.39. The van der Waals surface area contributed by atoms with Crippen molar-refractivity contribution in [2.75, 3.05) is 26.2 Å². The van der Waals surface area contributed by atoms with E-state index in [2.05, 4.69) is 19.2 Å². The predicted molar refractivity (Wildman–Crippen MR) is 53.8 cm³/mol. The first-order chi connectivity index (χ1) is 6.27. The van der Waals surface area contributed by atoms with Crippen molar-refractivity contribution in [1.29, 1.82) is 0 Å². The lowest BCUT2D eigenvalue weighted by Crippen LogP contribution is -2.38. The van der Waals surface area contributed by atoms with Gasteiger partial charge in [-0.2, -0.15) is 12.7 Å². The Kier molecular flexibility index (Phi) is 1.99. The van der Waals surface area contributed by atoms with Gasteiger partial charge in [-0.3, -0.25) is 0 Å².